The topological polar surface area (TPSA) is 24.4 Å². The zero-order valence-electron chi connectivity index (χ0n) is 12.9. The quantitative estimate of drug-likeness (QED) is 0.731. The van der Waals surface area contributed by atoms with Crippen LogP contribution in [0.1, 0.15) is 38.3 Å². The van der Waals surface area contributed by atoms with Crippen LogP contribution in [0.5, 0.6) is 0 Å². The number of thioether (sulfide) groups is 1. The Labute approximate surface area is 135 Å². The average Bonchev–Trinajstić information content (AvgIpc) is 2.33. The monoisotopic (exact) mass is 354 g/mol. The Morgan fingerprint density at radius 1 is 1.30 bits per heavy atom. The van der Waals surface area contributed by atoms with E-state index in [1.807, 2.05) is 11.8 Å². The van der Waals surface area contributed by atoms with Crippen molar-refractivity contribution in [3.63, 3.8) is 0 Å². The van der Waals surface area contributed by atoms with Crippen LogP contribution < -0.4 is 5.32 Å². The molecule has 1 unspecified atom stereocenters. The van der Waals surface area contributed by atoms with Crippen LogP contribution >= 0.6 is 27.7 Å². The molecule has 2 rings (SSSR count). The van der Waals surface area contributed by atoms with Crippen molar-refractivity contribution >= 4 is 38.5 Å². The first-order valence-electron chi connectivity index (χ1n) is 7.02. The fraction of sp³-hybridized carbons (Fsp3) is 0.562. The summed E-state index contributed by atoms with van der Waals surface area (Å²) in [5.41, 5.74) is 3.88. The predicted molar refractivity (Wildman–Crippen MR) is 95.0 cm³/mol. The van der Waals surface area contributed by atoms with Gasteiger partial charge in [0, 0.05) is 10.2 Å². The molecule has 0 radical (unpaired) electrons. The molecule has 0 aliphatic carbocycles. The van der Waals surface area contributed by atoms with Crippen molar-refractivity contribution < 1.29 is 0 Å². The minimum atomic E-state index is 0.230. The van der Waals surface area contributed by atoms with Gasteiger partial charge in [0.25, 0.3) is 0 Å². The van der Waals surface area contributed by atoms with Gasteiger partial charge in [-0.3, -0.25) is 4.99 Å². The van der Waals surface area contributed by atoms with Gasteiger partial charge >= 0.3 is 0 Å². The van der Waals surface area contributed by atoms with Crippen LogP contribution in [0.3, 0.4) is 0 Å². The largest absolute Gasteiger partial charge is 0.334 e. The van der Waals surface area contributed by atoms with Crippen LogP contribution in [-0.2, 0) is 0 Å². The second-order valence-electron chi connectivity index (χ2n) is 6.52. The fourth-order valence-corrected chi connectivity index (χ4v) is 4.07. The van der Waals surface area contributed by atoms with Gasteiger partial charge in [-0.15, -0.1) is 0 Å². The molecule has 1 aliphatic heterocycles. The summed E-state index contributed by atoms with van der Waals surface area (Å²) in [5.74, 6) is 1.14. The lowest BCUT2D eigenvalue weighted by molar-refractivity contribution is 0.316. The van der Waals surface area contributed by atoms with E-state index in [9.17, 15) is 0 Å². The molecule has 0 aromatic heterocycles. The number of aryl methyl sites for hydroxylation is 2. The van der Waals surface area contributed by atoms with Crippen LogP contribution in [0.2, 0.25) is 0 Å². The molecule has 1 aliphatic rings. The summed E-state index contributed by atoms with van der Waals surface area (Å²) in [6.45, 7) is 11.0. The minimum absolute atomic E-state index is 0.230. The molecule has 0 bridgehead atoms. The van der Waals surface area contributed by atoms with E-state index in [-0.39, 0.29) is 5.41 Å². The van der Waals surface area contributed by atoms with E-state index in [2.05, 4.69) is 68.0 Å². The number of nitrogens with one attached hydrogen (secondary N) is 1. The molecule has 0 spiro atoms. The Morgan fingerprint density at radius 2 is 2.00 bits per heavy atom. The van der Waals surface area contributed by atoms with Gasteiger partial charge in [0.15, 0.2) is 5.17 Å². The van der Waals surface area contributed by atoms with Gasteiger partial charge in [-0.1, -0.05) is 38.6 Å². The Hall–Kier alpha value is -0.480. The van der Waals surface area contributed by atoms with E-state index in [0.717, 1.165) is 27.5 Å². The van der Waals surface area contributed by atoms with Gasteiger partial charge in [-0.2, -0.15) is 0 Å². The number of anilines is 1. The average molecular weight is 355 g/mol. The van der Waals surface area contributed by atoms with E-state index in [1.54, 1.807) is 0 Å². The van der Waals surface area contributed by atoms with Crippen LogP contribution in [0.25, 0.3) is 0 Å². The van der Waals surface area contributed by atoms with E-state index in [4.69, 9.17) is 4.99 Å². The molecule has 1 atom stereocenters. The molecule has 1 N–H and O–H groups in total. The van der Waals surface area contributed by atoms with E-state index in [0.29, 0.717) is 6.04 Å². The lowest BCUT2D eigenvalue weighted by Crippen LogP contribution is -2.30. The maximum atomic E-state index is 4.90. The van der Waals surface area contributed by atoms with Gasteiger partial charge in [0.1, 0.15) is 0 Å². The Kier molecular flexibility index (Phi) is 4.85. The number of aliphatic imine (C=N–C) groups is 1. The molecular weight excluding hydrogens is 332 g/mol. The highest BCUT2D eigenvalue weighted by atomic mass is 79.9. The SMILES string of the molecule is Cc1cc(C)c(NC2=NC(C(C)(C)C)CCS2)c(Br)c1. The Bertz CT molecular complexity index is 509. The Morgan fingerprint density at radius 3 is 2.60 bits per heavy atom. The van der Waals surface area contributed by atoms with Crippen molar-refractivity contribution in [1.82, 2.24) is 0 Å². The van der Waals surface area contributed by atoms with Crippen LogP contribution in [0.4, 0.5) is 5.69 Å². The maximum Gasteiger partial charge on any atom is 0.161 e. The first-order chi connectivity index (χ1) is 9.27. The summed E-state index contributed by atoms with van der Waals surface area (Å²) in [7, 11) is 0. The summed E-state index contributed by atoms with van der Waals surface area (Å²) in [6.07, 6.45) is 1.16. The molecule has 4 heteroatoms. The van der Waals surface area contributed by atoms with Crippen molar-refractivity contribution in [2.45, 2.75) is 47.1 Å². The first kappa shape index (κ1) is 15.9. The highest BCUT2D eigenvalue weighted by Crippen LogP contribution is 2.33. The zero-order chi connectivity index (χ0) is 14.9. The van der Waals surface area contributed by atoms with Crippen LogP contribution in [0, 0.1) is 19.3 Å². The third kappa shape index (κ3) is 3.79. The van der Waals surface area contributed by atoms with Crippen molar-refractivity contribution in [2.24, 2.45) is 10.4 Å². The molecule has 0 saturated heterocycles. The maximum absolute atomic E-state index is 4.90. The van der Waals surface area contributed by atoms with Gasteiger partial charge in [0.2, 0.25) is 0 Å². The van der Waals surface area contributed by atoms with E-state index in [1.165, 1.54) is 11.1 Å². The summed E-state index contributed by atoms with van der Waals surface area (Å²) < 4.78 is 1.11. The fourth-order valence-electron chi connectivity index (χ4n) is 2.39. The van der Waals surface area contributed by atoms with Gasteiger partial charge in [-0.25, -0.2) is 0 Å². The normalized spacial score (nSPS) is 19.7. The number of nitrogens with zero attached hydrogens (tertiary/aromatic N) is 1. The summed E-state index contributed by atoms with van der Waals surface area (Å²) >= 11 is 5.47. The molecule has 1 aromatic carbocycles. The van der Waals surface area contributed by atoms with Gasteiger partial charge in [-0.05, 0) is 58.8 Å². The molecule has 110 valence electrons. The second-order valence-corrected chi connectivity index (χ2v) is 8.45. The van der Waals surface area contributed by atoms with Gasteiger partial charge < -0.3 is 5.32 Å². The number of rotatable bonds is 1. The minimum Gasteiger partial charge on any atom is -0.334 e. The van der Waals surface area contributed by atoms with E-state index >= 15 is 0 Å². The lowest BCUT2D eigenvalue weighted by atomic mass is 9.85. The smallest absolute Gasteiger partial charge is 0.161 e. The third-order valence-corrected chi connectivity index (χ3v) is 5.11. The molecule has 20 heavy (non-hydrogen) atoms. The first-order valence-corrected chi connectivity index (χ1v) is 8.79. The summed E-state index contributed by atoms with van der Waals surface area (Å²) in [6, 6.07) is 4.74. The number of benzene rings is 1. The second kappa shape index (κ2) is 6.10. The molecule has 1 heterocycles. The Balaban J connectivity index is 2.24. The number of hydrogen-bond acceptors (Lipinski definition) is 3. The lowest BCUT2D eigenvalue weighted by Gasteiger charge is -2.31. The third-order valence-electron chi connectivity index (χ3n) is 3.57. The summed E-state index contributed by atoms with van der Waals surface area (Å²) in [4.78, 5) is 4.90. The molecule has 0 amide bonds. The number of amidine groups is 1. The molecular formula is C16H23BrN2S. The zero-order valence-corrected chi connectivity index (χ0v) is 15.3. The predicted octanol–water partition coefficient (Wildman–Crippen LogP) is 5.39. The van der Waals surface area contributed by atoms with Crippen LogP contribution in [0.15, 0.2) is 21.6 Å². The standard InChI is InChI=1S/C16H23BrN2S/c1-10-8-11(2)14(12(17)9-10)19-15-18-13(6-7-20-15)16(3,4)5/h8-9,13H,6-7H2,1-5H3,(H,18,19). The summed E-state index contributed by atoms with van der Waals surface area (Å²) in [5, 5.41) is 4.56. The molecule has 0 saturated carbocycles. The van der Waals surface area contributed by atoms with Crippen molar-refractivity contribution in [1.29, 1.82) is 0 Å². The van der Waals surface area contributed by atoms with E-state index < -0.39 is 0 Å². The highest BCUT2D eigenvalue weighted by molar-refractivity contribution is 9.10. The van der Waals surface area contributed by atoms with Gasteiger partial charge in [0.05, 0.1) is 11.7 Å². The highest BCUT2D eigenvalue weighted by Gasteiger charge is 2.27. The van der Waals surface area contributed by atoms with Crippen molar-refractivity contribution in [3.05, 3.63) is 27.7 Å². The van der Waals surface area contributed by atoms with Crippen molar-refractivity contribution in [2.75, 3.05) is 11.1 Å². The number of hydrogen-bond donors (Lipinski definition) is 1. The van der Waals surface area contributed by atoms with Crippen LogP contribution in [-0.4, -0.2) is 17.0 Å². The molecule has 0 fully saturated rings. The number of halogens is 1. The van der Waals surface area contributed by atoms with Crippen molar-refractivity contribution in [3.8, 4) is 0 Å². The molecule has 2 nitrogen and oxygen atoms in total. The molecule has 1 aromatic rings.